The molecule has 0 bridgehead atoms. The highest BCUT2D eigenvalue weighted by atomic mass is 16.5. The summed E-state index contributed by atoms with van der Waals surface area (Å²) in [6.07, 6.45) is 4.69. The number of hydrogen-bond acceptors (Lipinski definition) is 6. The number of ether oxygens (including phenoxy) is 1. The van der Waals surface area contributed by atoms with Crippen LogP contribution in [-0.4, -0.2) is 56.4 Å². The smallest absolute Gasteiger partial charge is 0.327 e. The molecule has 2 aromatic carbocycles. The summed E-state index contributed by atoms with van der Waals surface area (Å²) >= 11 is 0. The minimum atomic E-state index is -0.261. The van der Waals surface area contributed by atoms with Gasteiger partial charge < -0.3 is 31.3 Å². The maximum atomic E-state index is 12.8. The van der Waals surface area contributed by atoms with Crippen molar-refractivity contribution in [3.63, 3.8) is 0 Å². The summed E-state index contributed by atoms with van der Waals surface area (Å²) in [6.45, 7) is 6.52. The Morgan fingerprint density at radius 1 is 1.03 bits per heavy atom. The van der Waals surface area contributed by atoms with Crippen molar-refractivity contribution in [3.05, 3.63) is 77.5 Å². The summed E-state index contributed by atoms with van der Waals surface area (Å²) < 4.78 is 6.18. The summed E-state index contributed by atoms with van der Waals surface area (Å²) in [5.74, 6) is 0.848. The van der Waals surface area contributed by atoms with Gasteiger partial charge in [0.25, 0.3) is 0 Å². The Labute approximate surface area is 200 Å². The first kappa shape index (κ1) is 22.5. The van der Waals surface area contributed by atoms with Crippen LogP contribution in [0.1, 0.15) is 17.5 Å². The molecule has 5 rings (SSSR count). The number of hydrogen-bond donors (Lipinski definition) is 4. The van der Waals surface area contributed by atoms with Crippen LogP contribution in [0, 0.1) is 0 Å². The number of para-hydroxylation sites is 1. The first-order valence-electron chi connectivity index (χ1n) is 12.0. The molecule has 0 saturated carbocycles. The highest BCUT2D eigenvalue weighted by Gasteiger charge is 2.31. The summed E-state index contributed by atoms with van der Waals surface area (Å²) in [6, 6.07) is 15.6. The van der Waals surface area contributed by atoms with Crippen LogP contribution < -0.4 is 31.3 Å². The van der Waals surface area contributed by atoms with Crippen molar-refractivity contribution < 1.29 is 9.53 Å². The third-order valence-corrected chi connectivity index (χ3v) is 6.42. The normalized spacial score (nSPS) is 20.2. The average molecular weight is 461 g/mol. The van der Waals surface area contributed by atoms with Crippen molar-refractivity contribution >= 4 is 17.4 Å². The van der Waals surface area contributed by atoms with Gasteiger partial charge in [-0.2, -0.15) is 0 Å². The number of fused-ring (bicyclic) bond motifs is 1. The second-order valence-corrected chi connectivity index (χ2v) is 8.74. The fourth-order valence-electron chi connectivity index (χ4n) is 4.52. The van der Waals surface area contributed by atoms with E-state index in [9.17, 15) is 4.79 Å². The number of amides is 2. The minimum Gasteiger partial charge on any atom is -0.493 e. The van der Waals surface area contributed by atoms with E-state index in [2.05, 4.69) is 26.9 Å². The molecule has 8 heteroatoms. The lowest BCUT2D eigenvalue weighted by molar-refractivity contribution is 0.213. The number of nitrogens with zero attached hydrogens (tertiary/aromatic N) is 2. The molecule has 3 aliphatic heterocycles. The molecular formula is C26H32N6O2. The zero-order chi connectivity index (χ0) is 23.3. The molecule has 0 spiro atoms. The number of anilines is 1. The van der Waals surface area contributed by atoms with E-state index in [4.69, 9.17) is 10.5 Å². The molecule has 5 N–H and O–H groups in total. The molecule has 0 aliphatic carbocycles. The summed E-state index contributed by atoms with van der Waals surface area (Å²) in [7, 11) is 0. The lowest BCUT2D eigenvalue weighted by atomic mass is 10.1. The largest absolute Gasteiger partial charge is 0.493 e. The third kappa shape index (κ3) is 4.94. The van der Waals surface area contributed by atoms with Crippen LogP contribution in [-0.2, 0) is 6.54 Å². The average Bonchev–Trinajstić information content (AvgIpc) is 3.29. The Balaban J connectivity index is 1.27. The zero-order valence-corrected chi connectivity index (χ0v) is 19.3. The number of piperazine rings is 1. The van der Waals surface area contributed by atoms with Gasteiger partial charge in [-0.15, -0.1) is 0 Å². The molecule has 178 valence electrons. The van der Waals surface area contributed by atoms with Gasteiger partial charge in [0.15, 0.2) is 0 Å². The number of urea groups is 1. The van der Waals surface area contributed by atoms with E-state index in [1.54, 1.807) is 4.90 Å². The van der Waals surface area contributed by atoms with Crippen LogP contribution in [0.3, 0.4) is 0 Å². The predicted molar refractivity (Wildman–Crippen MR) is 134 cm³/mol. The lowest BCUT2D eigenvalue weighted by Gasteiger charge is -2.29. The van der Waals surface area contributed by atoms with Gasteiger partial charge in [0.1, 0.15) is 11.9 Å². The number of rotatable bonds is 8. The second kappa shape index (κ2) is 10.3. The van der Waals surface area contributed by atoms with E-state index < -0.39 is 0 Å². The van der Waals surface area contributed by atoms with E-state index in [1.807, 2.05) is 54.7 Å². The Kier molecular flexibility index (Phi) is 6.80. The molecule has 8 nitrogen and oxygen atoms in total. The van der Waals surface area contributed by atoms with Gasteiger partial charge in [-0.05, 0) is 42.3 Å². The van der Waals surface area contributed by atoms with Crippen molar-refractivity contribution in [1.29, 1.82) is 0 Å². The van der Waals surface area contributed by atoms with Crippen molar-refractivity contribution in [1.82, 2.24) is 20.9 Å². The fraction of sp³-hybridized carbons (Fsp3) is 0.346. The predicted octanol–water partition coefficient (Wildman–Crippen LogP) is 2.20. The van der Waals surface area contributed by atoms with Gasteiger partial charge in [-0.1, -0.05) is 24.3 Å². The van der Waals surface area contributed by atoms with Crippen molar-refractivity contribution in [3.8, 4) is 5.75 Å². The highest BCUT2D eigenvalue weighted by molar-refractivity contribution is 5.96. The summed E-state index contributed by atoms with van der Waals surface area (Å²) in [5, 5.41) is 9.86. The molecule has 3 heterocycles. The molecule has 1 saturated heterocycles. The van der Waals surface area contributed by atoms with Crippen LogP contribution >= 0.6 is 0 Å². The SMILES string of the molecule is NCc1ccc(N2C=C3C=C(c4ccccc4OCCCN4CCNCC4)NC3NC2=O)cc1. The first-order chi connectivity index (χ1) is 16.7. The maximum Gasteiger partial charge on any atom is 0.327 e. The Morgan fingerprint density at radius 3 is 2.62 bits per heavy atom. The number of carbonyl (C=O) groups excluding carboxylic acids is 1. The Bertz CT molecular complexity index is 1070. The van der Waals surface area contributed by atoms with Crippen molar-refractivity contribution in [2.24, 2.45) is 5.73 Å². The monoisotopic (exact) mass is 460 g/mol. The Hall–Kier alpha value is -3.33. The van der Waals surface area contributed by atoms with Crippen LogP contribution in [0.4, 0.5) is 10.5 Å². The number of carbonyl (C=O) groups is 1. The summed E-state index contributed by atoms with van der Waals surface area (Å²) in [4.78, 5) is 16.9. The quantitative estimate of drug-likeness (QED) is 0.451. The molecule has 1 fully saturated rings. The topological polar surface area (TPSA) is 94.9 Å². The standard InChI is InChI=1S/C26H32N6O2/c27-17-19-6-8-21(9-7-19)32-18-20-16-23(29-25(20)30-26(32)33)22-4-1-2-5-24(22)34-15-3-12-31-13-10-28-11-14-31/h1-2,4-9,16,18,25,28-29H,3,10-15,17,27H2,(H,30,33). The van der Waals surface area contributed by atoms with E-state index in [1.165, 1.54) is 0 Å². The van der Waals surface area contributed by atoms with Crippen molar-refractivity contribution in [2.45, 2.75) is 19.1 Å². The maximum absolute atomic E-state index is 12.8. The first-order valence-corrected chi connectivity index (χ1v) is 12.0. The molecule has 0 radical (unpaired) electrons. The molecule has 2 aromatic rings. The van der Waals surface area contributed by atoms with E-state index in [0.29, 0.717) is 13.2 Å². The van der Waals surface area contributed by atoms with Gasteiger partial charge >= 0.3 is 6.03 Å². The van der Waals surface area contributed by atoms with E-state index >= 15 is 0 Å². The number of nitrogens with two attached hydrogens (primary N) is 1. The second-order valence-electron chi connectivity index (χ2n) is 8.74. The van der Waals surface area contributed by atoms with Crippen molar-refractivity contribution in [2.75, 3.05) is 44.2 Å². The van der Waals surface area contributed by atoms with Crippen LogP contribution in [0.5, 0.6) is 5.75 Å². The Morgan fingerprint density at radius 2 is 1.82 bits per heavy atom. The fourth-order valence-corrected chi connectivity index (χ4v) is 4.52. The minimum absolute atomic E-state index is 0.172. The lowest BCUT2D eigenvalue weighted by Crippen LogP contribution is -2.51. The molecule has 34 heavy (non-hydrogen) atoms. The van der Waals surface area contributed by atoms with Crippen LogP contribution in [0.15, 0.2) is 66.4 Å². The van der Waals surface area contributed by atoms with E-state index in [-0.39, 0.29) is 12.2 Å². The van der Waals surface area contributed by atoms with Gasteiger partial charge in [0.05, 0.1) is 12.3 Å². The van der Waals surface area contributed by atoms with Gasteiger partial charge in [-0.3, -0.25) is 4.90 Å². The molecule has 1 atom stereocenters. The molecule has 3 aliphatic rings. The molecule has 0 aromatic heterocycles. The van der Waals surface area contributed by atoms with Gasteiger partial charge in [-0.25, -0.2) is 4.79 Å². The van der Waals surface area contributed by atoms with Gasteiger partial charge in [0, 0.05) is 62.3 Å². The van der Waals surface area contributed by atoms with Crippen LogP contribution in [0.25, 0.3) is 5.70 Å². The van der Waals surface area contributed by atoms with Gasteiger partial charge in [0.2, 0.25) is 0 Å². The third-order valence-electron chi connectivity index (χ3n) is 6.42. The number of nitrogens with one attached hydrogen (secondary N) is 3. The zero-order valence-electron chi connectivity index (χ0n) is 19.3. The molecule has 2 amide bonds. The molecular weight excluding hydrogens is 428 g/mol. The molecule has 1 unspecified atom stereocenters. The summed E-state index contributed by atoms with van der Waals surface area (Å²) in [5.41, 5.74) is 10.5. The van der Waals surface area contributed by atoms with Crippen LogP contribution in [0.2, 0.25) is 0 Å². The van der Waals surface area contributed by atoms with E-state index in [0.717, 1.165) is 73.0 Å². The highest BCUT2D eigenvalue weighted by Crippen LogP contribution is 2.32. The number of benzene rings is 2.